The molecule has 204 valence electrons. The van der Waals surface area contributed by atoms with Gasteiger partial charge in [0.15, 0.2) is 0 Å². The van der Waals surface area contributed by atoms with Crippen molar-refractivity contribution in [1.82, 2.24) is 29.1 Å². The second-order valence-electron chi connectivity index (χ2n) is 9.50. The molecular weight excluding hydrogens is 540 g/mol. The number of aromatic nitrogens is 3. The Labute approximate surface area is 229 Å². The molecule has 4 aromatic rings. The number of rotatable bonds is 8. The second-order valence-corrected chi connectivity index (χ2v) is 12.6. The maximum Gasteiger partial charge on any atom is 0.322 e. The highest BCUT2D eigenvalue weighted by molar-refractivity contribution is 7.86. The van der Waals surface area contributed by atoms with E-state index in [1.54, 1.807) is 24.3 Å². The number of aromatic amines is 1. The van der Waals surface area contributed by atoms with Gasteiger partial charge in [0.05, 0.1) is 11.6 Å². The Bertz CT molecular complexity index is 1670. The van der Waals surface area contributed by atoms with Crippen LogP contribution in [-0.4, -0.2) is 71.3 Å². The van der Waals surface area contributed by atoms with Crippen LogP contribution >= 0.6 is 11.3 Å². The first-order valence-electron chi connectivity index (χ1n) is 12.2. The zero-order valence-electron chi connectivity index (χ0n) is 21.6. The highest BCUT2D eigenvalue weighted by atomic mass is 32.2. The van der Waals surface area contributed by atoms with Crippen molar-refractivity contribution in [1.29, 1.82) is 0 Å². The fourth-order valence-electron chi connectivity index (χ4n) is 4.61. The Balaban J connectivity index is 1.28. The molecule has 11 nitrogen and oxygen atoms in total. The number of aryl methyl sites for hydroxylation is 1. The van der Waals surface area contributed by atoms with Crippen molar-refractivity contribution in [3.63, 3.8) is 0 Å². The molecule has 2 unspecified atom stereocenters. The van der Waals surface area contributed by atoms with E-state index in [1.165, 1.54) is 18.4 Å². The van der Waals surface area contributed by atoms with E-state index < -0.39 is 22.2 Å². The molecule has 3 heterocycles. The van der Waals surface area contributed by atoms with Gasteiger partial charge >= 0.3 is 4.87 Å². The Kier molecular flexibility index (Phi) is 7.49. The van der Waals surface area contributed by atoms with E-state index in [-0.39, 0.29) is 23.9 Å². The number of benzene rings is 2. The van der Waals surface area contributed by atoms with E-state index in [2.05, 4.69) is 20.5 Å². The van der Waals surface area contributed by atoms with E-state index in [0.717, 1.165) is 37.8 Å². The number of H-pyrrole nitrogens is 1. The van der Waals surface area contributed by atoms with Crippen LogP contribution in [0.3, 0.4) is 0 Å². The van der Waals surface area contributed by atoms with Crippen LogP contribution in [0.2, 0.25) is 0 Å². The molecule has 2 atom stereocenters. The smallest absolute Gasteiger partial charge is 0.322 e. The summed E-state index contributed by atoms with van der Waals surface area (Å²) in [6.07, 6.45) is 0. The van der Waals surface area contributed by atoms with Crippen molar-refractivity contribution in [2.75, 3.05) is 27.2 Å². The molecule has 0 spiro atoms. The quantitative estimate of drug-likeness (QED) is 0.333. The predicted molar refractivity (Wildman–Crippen MR) is 148 cm³/mol. The van der Waals surface area contributed by atoms with E-state index >= 15 is 0 Å². The van der Waals surface area contributed by atoms with Crippen LogP contribution < -0.4 is 14.9 Å². The largest absolute Gasteiger partial charge is 0.489 e. The molecule has 1 saturated heterocycles. The third-order valence-corrected chi connectivity index (χ3v) is 9.36. The summed E-state index contributed by atoms with van der Waals surface area (Å²) in [6, 6.07) is 16.1. The van der Waals surface area contributed by atoms with Crippen LogP contribution in [0.4, 0.5) is 0 Å². The fourth-order valence-corrected chi connectivity index (χ4v) is 6.54. The van der Waals surface area contributed by atoms with Gasteiger partial charge in [-0.1, -0.05) is 29.5 Å². The maximum absolute atomic E-state index is 13.1. The van der Waals surface area contributed by atoms with Crippen molar-refractivity contribution in [2.45, 2.75) is 25.5 Å². The molecule has 0 bridgehead atoms. The lowest BCUT2D eigenvalue weighted by atomic mass is 10.0. The topological polar surface area (TPSA) is 138 Å². The van der Waals surface area contributed by atoms with Gasteiger partial charge in [-0.05, 0) is 43.3 Å². The van der Waals surface area contributed by atoms with E-state index in [1.807, 2.05) is 37.3 Å². The van der Waals surface area contributed by atoms with Gasteiger partial charge in [0.1, 0.15) is 17.4 Å². The normalized spacial score (nSPS) is 18.1. The lowest BCUT2D eigenvalue weighted by Crippen LogP contribution is -2.42. The van der Waals surface area contributed by atoms with Crippen LogP contribution in [0, 0.1) is 6.92 Å². The summed E-state index contributed by atoms with van der Waals surface area (Å²) in [5.74, 6) is -0.221. The minimum absolute atomic E-state index is 0.0607. The van der Waals surface area contributed by atoms with Gasteiger partial charge in [-0.15, -0.1) is 0 Å². The standard InChI is InChI=1S/C26H28N6O5S2/c1-16-12-18(20-6-4-5-7-22(20)27-16)15-37-19-10-8-17(9-11-19)24(33)28-23-14-32(39(35,36)31(2)3)13-21(23)25-29-30-26(34)38-25/h4-12,21,23H,13-15H2,1-3H3,(H,28,33)(H,30,34). The molecule has 13 heteroatoms. The Morgan fingerprint density at radius 3 is 2.62 bits per heavy atom. The predicted octanol–water partition coefficient (Wildman–Crippen LogP) is 2.27. The molecule has 5 rings (SSSR count). The lowest BCUT2D eigenvalue weighted by Gasteiger charge is -2.20. The first-order valence-corrected chi connectivity index (χ1v) is 14.4. The first kappa shape index (κ1) is 26.9. The molecule has 2 aromatic heterocycles. The van der Waals surface area contributed by atoms with Gasteiger partial charge in [-0.2, -0.15) is 22.1 Å². The lowest BCUT2D eigenvalue weighted by molar-refractivity contribution is 0.0936. The van der Waals surface area contributed by atoms with E-state index in [4.69, 9.17) is 4.74 Å². The number of hydrogen-bond acceptors (Lipinski definition) is 8. The van der Waals surface area contributed by atoms with Crippen LogP contribution in [0.1, 0.15) is 32.5 Å². The van der Waals surface area contributed by atoms with Crippen molar-refractivity contribution >= 4 is 38.4 Å². The van der Waals surface area contributed by atoms with E-state index in [0.29, 0.717) is 22.9 Å². The Morgan fingerprint density at radius 1 is 1.18 bits per heavy atom. The number of ether oxygens (including phenoxy) is 1. The number of carbonyl (C=O) groups is 1. The second kappa shape index (κ2) is 10.8. The maximum atomic E-state index is 13.1. The zero-order valence-corrected chi connectivity index (χ0v) is 23.3. The number of nitrogens with one attached hydrogen (secondary N) is 2. The van der Waals surface area contributed by atoms with E-state index in [9.17, 15) is 18.0 Å². The van der Waals surface area contributed by atoms with Gasteiger partial charge in [0.25, 0.3) is 16.1 Å². The van der Waals surface area contributed by atoms with Crippen molar-refractivity contribution in [3.05, 3.63) is 86.1 Å². The number of hydrogen-bond donors (Lipinski definition) is 2. The van der Waals surface area contributed by atoms with Crippen LogP contribution in [0.5, 0.6) is 5.75 Å². The Morgan fingerprint density at radius 2 is 1.92 bits per heavy atom. The summed E-state index contributed by atoms with van der Waals surface area (Å²) in [6.45, 7) is 2.45. The average molecular weight is 569 g/mol. The minimum atomic E-state index is -3.71. The van der Waals surface area contributed by atoms with Gasteiger partial charge < -0.3 is 10.1 Å². The average Bonchev–Trinajstić information content (AvgIpc) is 3.53. The van der Waals surface area contributed by atoms with Gasteiger partial charge in [0.2, 0.25) is 0 Å². The van der Waals surface area contributed by atoms with Crippen LogP contribution in [0.25, 0.3) is 10.9 Å². The van der Waals surface area contributed by atoms with Crippen molar-refractivity contribution in [2.24, 2.45) is 0 Å². The van der Waals surface area contributed by atoms with Crippen LogP contribution in [-0.2, 0) is 16.8 Å². The number of fused-ring (bicyclic) bond motifs is 1. The molecule has 39 heavy (non-hydrogen) atoms. The number of para-hydroxylation sites is 1. The molecule has 0 radical (unpaired) electrons. The summed E-state index contributed by atoms with van der Waals surface area (Å²) in [5, 5.41) is 10.8. The Hall–Kier alpha value is -3.65. The zero-order chi connectivity index (χ0) is 27.7. The SMILES string of the molecule is Cc1cc(COc2ccc(C(=O)NC3CN(S(=O)(=O)N(C)C)CC3c3n[nH]c(=O)s3)cc2)c2ccccc2n1. The molecule has 1 aliphatic heterocycles. The molecule has 0 saturated carbocycles. The highest BCUT2D eigenvalue weighted by Crippen LogP contribution is 2.30. The molecule has 2 N–H and O–H groups in total. The monoisotopic (exact) mass is 568 g/mol. The molecular formula is C26H28N6O5S2. The molecule has 1 amide bonds. The molecule has 1 aliphatic rings. The summed E-state index contributed by atoms with van der Waals surface area (Å²) in [5.41, 5.74) is 3.23. The first-order chi connectivity index (χ1) is 18.6. The molecule has 0 aliphatic carbocycles. The third-order valence-electron chi connectivity index (χ3n) is 6.60. The highest BCUT2D eigenvalue weighted by Gasteiger charge is 2.42. The number of pyridine rings is 1. The summed E-state index contributed by atoms with van der Waals surface area (Å²) in [4.78, 5) is 29.0. The number of nitrogens with zero attached hydrogens (tertiary/aromatic N) is 4. The fraction of sp³-hybridized carbons (Fsp3) is 0.308. The van der Waals surface area contributed by atoms with Gasteiger partial charge in [-0.3, -0.25) is 14.6 Å². The minimum Gasteiger partial charge on any atom is -0.489 e. The van der Waals surface area contributed by atoms with Crippen LogP contribution in [0.15, 0.2) is 59.4 Å². The third kappa shape index (κ3) is 5.71. The number of carbonyl (C=O) groups excluding carboxylic acids is 1. The van der Waals surface area contributed by atoms with Gasteiger partial charge in [-0.25, -0.2) is 5.10 Å². The summed E-state index contributed by atoms with van der Waals surface area (Å²) < 4.78 is 33.9. The van der Waals surface area contributed by atoms with Crippen molar-refractivity contribution in [3.8, 4) is 5.75 Å². The van der Waals surface area contributed by atoms with Gasteiger partial charge in [0, 0.05) is 55.3 Å². The van der Waals surface area contributed by atoms with Crippen molar-refractivity contribution < 1.29 is 17.9 Å². The summed E-state index contributed by atoms with van der Waals surface area (Å²) in [7, 11) is -0.813. The number of amides is 1. The molecule has 2 aromatic carbocycles. The molecule has 1 fully saturated rings. The summed E-state index contributed by atoms with van der Waals surface area (Å²) >= 11 is 0.911.